The summed E-state index contributed by atoms with van der Waals surface area (Å²) in [5.41, 5.74) is 10.8. The normalized spacial score (nSPS) is 19.8. The van der Waals surface area contributed by atoms with Crippen LogP contribution in [0.1, 0.15) is 54.4 Å². The molecule has 3 aromatic rings. The van der Waals surface area contributed by atoms with Gasteiger partial charge in [0, 0.05) is 42.7 Å². The maximum atomic E-state index is 13.3. The number of nitrogens with zero attached hydrogens (tertiary/aromatic N) is 3. The van der Waals surface area contributed by atoms with Gasteiger partial charge in [0.25, 0.3) is 0 Å². The third kappa shape index (κ3) is 4.64. The van der Waals surface area contributed by atoms with E-state index in [-0.39, 0.29) is 24.7 Å². The molecule has 1 amide bonds. The van der Waals surface area contributed by atoms with Gasteiger partial charge in [0.1, 0.15) is 17.6 Å². The predicted octanol–water partition coefficient (Wildman–Crippen LogP) is 4.61. The van der Waals surface area contributed by atoms with Gasteiger partial charge in [-0.3, -0.25) is 14.4 Å². The molecule has 7 nitrogen and oxygen atoms in total. The van der Waals surface area contributed by atoms with E-state index in [2.05, 4.69) is 47.7 Å². The number of hydrogen-bond donors (Lipinski definition) is 1. The van der Waals surface area contributed by atoms with Crippen molar-refractivity contribution < 1.29 is 14.3 Å². The minimum atomic E-state index is -0.983. The minimum absolute atomic E-state index is 0.0561. The number of rotatable bonds is 9. The Bertz CT molecular complexity index is 1270. The Balaban J connectivity index is 1.61. The average Bonchev–Trinajstić information content (AvgIpc) is 3.57. The number of aryl methyl sites for hydroxylation is 2. The summed E-state index contributed by atoms with van der Waals surface area (Å²) < 4.78 is 13.5. The zero-order valence-electron chi connectivity index (χ0n) is 21.9. The van der Waals surface area contributed by atoms with Gasteiger partial charge in [0.2, 0.25) is 12.7 Å². The molecule has 0 saturated heterocycles. The van der Waals surface area contributed by atoms with Crippen molar-refractivity contribution in [3.05, 3.63) is 101 Å². The summed E-state index contributed by atoms with van der Waals surface area (Å²) in [6.07, 6.45) is 4.09. The van der Waals surface area contributed by atoms with Crippen LogP contribution < -0.4 is 5.73 Å². The zero-order valence-corrected chi connectivity index (χ0v) is 21.9. The molecule has 0 spiro atoms. The van der Waals surface area contributed by atoms with E-state index in [0.29, 0.717) is 6.54 Å². The minimum Gasteiger partial charge on any atom is -0.462 e. The molecule has 37 heavy (non-hydrogen) atoms. The first kappa shape index (κ1) is 25.1. The Morgan fingerprint density at radius 1 is 1.16 bits per heavy atom. The number of ether oxygens (including phenoxy) is 2. The van der Waals surface area contributed by atoms with E-state index >= 15 is 0 Å². The van der Waals surface area contributed by atoms with Crippen LogP contribution in [0.25, 0.3) is 0 Å². The topological polar surface area (TPSA) is 82.6 Å². The Labute approximate surface area is 218 Å². The van der Waals surface area contributed by atoms with Crippen LogP contribution in [-0.4, -0.2) is 33.9 Å². The molecule has 7 heteroatoms. The molecule has 0 bridgehead atoms. The van der Waals surface area contributed by atoms with E-state index in [9.17, 15) is 4.79 Å². The fourth-order valence-electron chi connectivity index (χ4n) is 6.07. The Morgan fingerprint density at radius 3 is 2.49 bits per heavy atom. The molecule has 0 saturated carbocycles. The van der Waals surface area contributed by atoms with Gasteiger partial charge in [-0.1, -0.05) is 60.7 Å². The van der Waals surface area contributed by atoms with E-state index in [0.717, 1.165) is 42.8 Å². The van der Waals surface area contributed by atoms with Gasteiger partial charge in [0.05, 0.1) is 5.69 Å². The van der Waals surface area contributed by atoms with E-state index in [4.69, 9.17) is 20.3 Å². The fourth-order valence-corrected chi connectivity index (χ4v) is 6.07. The number of carbonyl (C=O) groups excluding carboxylic acids is 1. The number of hydrogen-bond acceptors (Lipinski definition) is 5. The highest BCUT2D eigenvalue weighted by Gasteiger charge is 2.47. The van der Waals surface area contributed by atoms with Crippen LogP contribution in [0.5, 0.6) is 0 Å². The molecule has 2 N–H and O–H groups in total. The lowest BCUT2D eigenvalue weighted by Crippen LogP contribution is -2.56. The van der Waals surface area contributed by atoms with Crippen LogP contribution in [0, 0.1) is 12.8 Å². The average molecular weight is 501 g/mol. The molecule has 3 atom stereocenters. The van der Waals surface area contributed by atoms with Crippen molar-refractivity contribution in [3.63, 3.8) is 0 Å². The standard InChI is InChI=1S/C30H36N4O3/c1-4-34-25-15-16-33(30(3,29(31)35)24-13-9-6-10-14-24)26(28(25)21(2)32-34)18-23(27-19-36-20-37-27)17-22-11-7-5-8-12-22/h5-14,19,23,26H,4,15-18,20H2,1-3H3,(H2,31,35). The first-order chi connectivity index (χ1) is 17.9. The Morgan fingerprint density at radius 2 is 1.86 bits per heavy atom. The van der Waals surface area contributed by atoms with Gasteiger partial charge in [-0.15, -0.1) is 0 Å². The lowest BCUT2D eigenvalue weighted by molar-refractivity contribution is -0.132. The number of aromatic nitrogens is 2. The van der Waals surface area contributed by atoms with Crippen molar-refractivity contribution in [1.29, 1.82) is 0 Å². The van der Waals surface area contributed by atoms with Crippen LogP contribution in [0.15, 0.2) is 72.7 Å². The maximum Gasteiger partial charge on any atom is 0.242 e. The van der Waals surface area contributed by atoms with E-state index in [1.165, 1.54) is 16.8 Å². The van der Waals surface area contributed by atoms with Gasteiger partial charge in [-0.25, -0.2) is 0 Å². The smallest absolute Gasteiger partial charge is 0.242 e. The Hall–Kier alpha value is -3.58. The SMILES string of the molecule is CCn1nc(C)c2c1CCN(C(C)(C(N)=O)c1ccccc1)C2CC(Cc1ccccc1)C1=COCO1. The molecule has 5 rings (SSSR count). The summed E-state index contributed by atoms with van der Waals surface area (Å²) in [4.78, 5) is 15.6. The number of nitrogens with two attached hydrogens (primary N) is 1. The summed E-state index contributed by atoms with van der Waals surface area (Å²) in [5.74, 6) is 0.546. The summed E-state index contributed by atoms with van der Waals surface area (Å²) in [7, 11) is 0. The summed E-state index contributed by atoms with van der Waals surface area (Å²) in [5, 5.41) is 4.89. The molecule has 3 heterocycles. The van der Waals surface area contributed by atoms with Crippen molar-refractivity contribution >= 4 is 5.91 Å². The second-order valence-electron chi connectivity index (χ2n) is 10.1. The molecule has 3 unspecified atom stereocenters. The van der Waals surface area contributed by atoms with Crippen molar-refractivity contribution in [3.8, 4) is 0 Å². The molecule has 2 aromatic carbocycles. The third-order valence-corrected chi connectivity index (χ3v) is 8.00. The van der Waals surface area contributed by atoms with E-state index in [1.54, 1.807) is 6.26 Å². The van der Waals surface area contributed by atoms with Crippen LogP contribution in [-0.2, 0) is 39.2 Å². The number of carbonyl (C=O) groups is 1. The summed E-state index contributed by atoms with van der Waals surface area (Å²) >= 11 is 0. The Kier molecular flexibility index (Phi) is 7.07. The third-order valence-electron chi connectivity index (χ3n) is 8.00. The molecule has 1 aromatic heterocycles. The number of primary amides is 1. The molecule has 2 aliphatic heterocycles. The lowest BCUT2D eigenvalue weighted by atomic mass is 9.80. The highest BCUT2D eigenvalue weighted by molar-refractivity contribution is 5.86. The van der Waals surface area contributed by atoms with Crippen molar-refractivity contribution in [1.82, 2.24) is 14.7 Å². The van der Waals surface area contributed by atoms with Crippen LogP contribution >= 0.6 is 0 Å². The van der Waals surface area contributed by atoms with E-state index in [1.807, 2.05) is 43.3 Å². The van der Waals surface area contributed by atoms with Gasteiger partial charge >= 0.3 is 0 Å². The van der Waals surface area contributed by atoms with Gasteiger partial charge in [0.15, 0.2) is 0 Å². The number of allylic oxidation sites excluding steroid dienone is 1. The number of benzene rings is 2. The zero-order chi connectivity index (χ0) is 26.0. The largest absolute Gasteiger partial charge is 0.462 e. The van der Waals surface area contributed by atoms with Crippen LogP contribution in [0.3, 0.4) is 0 Å². The molecule has 0 fully saturated rings. The molecular weight excluding hydrogens is 464 g/mol. The summed E-state index contributed by atoms with van der Waals surface area (Å²) in [6, 6.07) is 20.3. The highest BCUT2D eigenvalue weighted by Crippen LogP contribution is 2.45. The second kappa shape index (κ2) is 10.4. The summed E-state index contributed by atoms with van der Waals surface area (Å²) in [6.45, 7) is 7.90. The van der Waals surface area contributed by atoms with Gasteiger partial charge in [-0.2, -0.15) is 5.10 Å². The second-order valence-corrected chi connectivity index (χ2v) is 10.1. The van der Waals surface area contributed by atoms with E-state index < -0.39 is 5.54 Å². The first-order valence-corrected chi connectivity index (χ1v) is 13.1. The predicted molar refractivity (Wildman–Crippen MR) is 142 cm³/mol. The van der Waals surface area contributed by atoms with Crippen LogP contribution in [0.4, 0.5) is 0 Å². The van der Waals surface area contributed by atoms with Crippen LogP contribution in [0.2, 0.25) is 0 Å². The van der Waals surface area contributed by atoms with Gasteiger partial charge in [-0.05, 0) is 44.7 Å². The van der Waals surface area contributed by atoms with Gasteiger partial charge < -0.3 is 15.2 Å². The first-order valence-electron chi connectivity index (χ1n) is 13.1. The highest BCUT2D eigenvalue weighted by atomic mass is 16.7. The lowest BCUT2D eigenvalue weighted by Gasteiger charge is -2.47. The molecule has 0 radical (unpaired) electrons. The maximum absolute atomic E-state index is 13.3. The monoisotopic (exact) mass is 500 g/mol. The molecular formula is C30H36N4O3. The number of fused-ring (bicyclic) bond motifs is 1. The molecule has 194 valence electrons. The quantitative estimate of drug-likeness (QED) is 0.464. The number of amides is 1. The fraction of sp³-hybridized carbons (Fsp3) is 0.400. The van der Waals surface area contributed by atoms with Crippen molar-refractivity contribution in [2.24, 2.45) is 11.7 Å². The van der Waals surface area contributed by atoms with Crippen molar-refractivity contribution in [2.75, 3.05) is 13.3 Å². The molecule has 0 aliphatic carbocycles. The van der Waals surface area contributed by atoms with Crippen molar-refractivity contribution in [2.45, 2.75) is 58.2 Å². The molecule has 2 aliphatic rings.